The van der Waals surface area contributed by atoms with Gasteiger partial charge in [-0.15, -0.1) is 0 Å². The van der Waals surface area contributed by atoms with Crippen molar-refractivity contribution in [3.05, 3.63) is 32.6 Å². The average Bonchev–Trinajstić information content (AvgIpc) is 2.79. The summed E-state index contributed by atoms with van der Waals surface area (Å²) in [4.78, 5) is 58.9. The summed E-state index contributed by atoms with van der Waals surface area (Å²) in [6.45, 7) is 4.24. The number of piperazine rings is 1. The van der Waals surface area contributed by atoms with Gasteiger partial charge in [0.2, 0.25) is 11.8 Å². The molecule has 1 aliphatic carbocycles. The number of nitrogens with one attached hydrogen (secondary N) is 3. The first-order chi connectivity index (χ1) is 15.4. The van der Waals surface area contributed by atoms with Crippen LogP contribution in [0.2, 0.25) is 0 Å². The normalized spacial score (nSPS) is 24.7. The summed E-state index contributed by atoms with van der Waals surface area (Å²) in [6.07, 6.45) is 10.1. The highest BCUT2D eigenvalue weighted by atomic mass is 16.2. The molecular formula is C23H35N5O4. The van der Waals surface area contributed by atoms with Crippen molar-refractivity contribution in [2.75, 3.05) is 19.6 Å². The van der Waals surface area contributed by atoms with Crippen LogP contribution < -0.4 is 16.6 Å². The van der Waals surface area contributed by atoms with E-state index in [4.69, 9.17) is 0 Å². The average molecular weight is 446 g/mol. The van der Waals surface area contributed by atoms with Crippen molar-refractivity contribution < 1.29 is 9.59 Å². The molecule has 32 heavy (non-hydrogen) atoms. The number of amides is 2. The van der Waals surface area contributed by atoms with Crippen LogP contribution in [-0.2, 0) is 16.1 Å². The lowest BCUT2D eigenvalue weighted by molar-refractivity contribution is -0.162. The summed E-state index contributed by atoms with van der Waals surface area (Å²) in [7, 11) is 0. The molecule has 3 N–H and O–H groups in total. The van der Waals surface area contributed by atoms with E-state index in [1.165, 1.54) is 25.5 Å². The second-order valence-electron chi connectivity index (χ2n) is 9.66. The number of piperidine rings is 1. The van der Waals surface area contributed by atoms with Gasteiger partial charge in [-0.3, -0.25) is 24.3 Å². The Morgan fingerprint density at radius 2 is 1.78 bits per heavy atom. The van der Waals surface area contributed by atoms with Crippen LogP contribution in [0.1, 0.15) is 70.3 Å². The topological polar surface area (TPSA) is 118 Å². The number of hydrogen-bond donors (Lipinski definition) is 3. The molecule has 2 aliphatic heterocycles. The maximum Gasteiger partial charge on any atom is 0.325 e. The van der Waals surface area contributed by atoms with Crippen LogP contribution in [0.5, 0.6) is 0 Å². The molecule has 1 atom stereocenters. The molecule has 3 aliphatic rings. The van der Waals surface area contributed by atoms with Gasteiger partial charge >= 0.3 is 5.69 Å². The summed E-state index contributed by atoms with van der Waals surface area (Å²) in [6, 6.07) is -0.402. The summed E-state index contributed by atoms with van der Waals surface area (Å²) in [5.41, 5.74) is -1.23. The van der Waals surface area contributed by atoms with E-state index in [0.717, 1.165) is 25.7 Å². The highest BCUT2D eigenvalue weighted by molar-refractivity contribution is 6.00. The minimum atomic E-state index is -0.802. The Bertz CT molecular complexity index is 940. The molecule has 1 aromatic rings. The number of nitrogens with zero attached hydrogens (tertiary/aromatic N) is 2. The Kier molecular flexibility index (Phi) is 6.83. The maximum atomic E-state index is 13.5. The molecule has 0 radical (unpaired) electrons. The van der Waals surface area contributed by atoms with E-state index in [-0.39, 0.29) is 11.8 Å². The highest BCUT2D eigenvalue weighted by Gasteiger charge is 2.53. The standard InChI is InChI=1S/C23H35N5O4/c1-2-10-28-20(30)18(13-16-6-4-3-5-7-16)25-21(31)23(28)8-11-27(12-9-23)15-17-14-24-22(32)26-19(17)29/h14,16,18H,2-13,15H2,1H3,(H,25,31)(H2,24,26,29,32). The fourth-order valence-electron chi connectivity index (χ4n) is 5.71. The van der Waals surface area contributed by atoms with Crippen molar-refractivity contribution in [2.45, 2.75) is 82.8 Å². The van der Waals surface area contributed by atoms with Crippen LogP contribution in [0.25, 0.3) is 0 Å². The van der Waals surface area contributed by atoms with Crippen molar-refractivity contribution in [2.24, 2.45) is 5.92 Å². The van der Waals surface area contributed by atoms with Gasteiger partial charge < -0.3 is 15.2 Å². The highest BCUT2D eigenvalue weighted by Crippen LogP contribution is 2.36. The number of hydrogen-bond acceptors (Lipinski definition) is 5. The van der Waals surface area contributed by atoms with Gasteiger partial charge in [-0.1, -0.05) is 39.0 Å². The summed E-state index contributed by atoms with van der Waals surface area (Å²) >= 11 is 0. The smallest absolute Gasteiger partial charge is 0.325 e. The van der Waals surface area contributed by atoms with E-state index in [1.807, 2.05) is 11.8 Å². The molecule has 1 aromatic heterocycles. The third-order valence-corrected chi connectivity index (χ3v) is 7.52. The molecule has 2 amide bonds. The molecule has 2 saturated heterocycles. The Labute approximate surface area is 188 Å². The first-order valence-electron chi connectivity index (χ1n) is 12.1. The van der Waals surface area contributed by atoms with Crippen molar-refractivity contribution in [1.29, 1.82) is 0 Å². The molecule has 176 valence electrons. The number of rotatable bonds is 6. The van der Waals surface area contributed by atoms with Gasteiger partial charge in [0.25, 0.3) is 5.56 Å². The minimum Gasteiger partial charge on any atom is -0.342 e. The van der Waals surface area contributed by atoms with Crippen LogP contribution in [0, 0.1) is 5.92 Å². The lowest BCUT2D eigenvalue weighted by atomic mass is 9.79. The van der Waals surface area contributed by atoms with Gasteiger partial charge in [-0.25, -0.2) is 4.79 Å². The Balaban J connectivity index is 1.45. The van der Waals surface area contributed by atoms with Crippen LogP contribution in [0.4, 0.5) is 0 Å². The van der Waals surface area contributed by atoms with Gasteiger partial charge in [-0.05, 0) is 31.6 Å². The number of aromatic nitrogens is 2. The monoisotopic (exact) mass is 445 g/mol. The molecule has 0 bridgehead atoms. The summed E-state index contributed by atoms with van der Waals surface area (Å²) < 4.78 is 0. The van der Waals surface area contributed by atoms with Crippen LogP contribution >= 0.6 is 0 Å². The Hall–Kier alpha value is -2.42. The number of H-pyrrole nitrogens is 2. The first kappa shape index (κ1) is 22.8. The summed E-state index contributed by atoms with van der Waals surface area (Å²) in [5, 5.41) is 3.10. The molecule has 9 heteroatoms. The Morgan fingerprint density at radius 3 is 2.44 bits per heavy atom. The predicted octanol–water partition coefficient (Wildman–Crippen LogP) is 1.11. The quantitative estimate of drug-likeness (QED) is 0.606. The molecule has 3 fully saturated rings. The first-order valence-corrected chi connectivity index (χ1v) is 12.1. The lowest BCUT2D eigenvalue weighted by Crippen LogP contribution is -2.73. The van der Waals surface area contributed by atoms with Crippen LogP contribution in [0.3, 0.4) is 0 Å². The van der Waals surface area contributed by atoms with Crippen molar-refractivity contribution in [1.82, 2.24) is 25.1 Å². The zero-order valence-electron chi connectivity index (χ0n) is 19.0. The fourth-order valence-corrected chi connectivity index (χ4v) is 5.71. The second kappa shape index (κ2) is 9.60. The zero-order valence-corrected chi connectivity index (χ0v) is 19.0. The van der Waals surface area contributed by atoms with E-state index < -0.39 is 22.8 Å². The molecule has 9 nitrogen and oxygen atoms in total. The third-order valence-electron chi connectivity index (χ3n) is 7.52. The molecule has 1 spiro atoms. The molecule has 3 heterocycles. The Morgan fingerprint density at radius 1 is 1.06 bits per heavy atom. The molecule has 0 aromatic carbocycles. The molecule has 1 unspecified atom stereocenters. The lowest BCUT2D eigenvalue weighted by Gasteiger charge is -2.52. The van der Waals surface area contributed by atoms with Gasteiger partial charge in [-0.2, -0.15) is 0 Å². The van der Waals surface area contributed by atoms with E-state index in [2.05, 4.69) is 20.2 Å². The van der Waals surface area contributed by atoms with Gasteiger partial charge in [0.1, 0.15) is 11.6 Å². The van der Waals surface area contributed by atoms with Crippen LogP contribution in [-0.4, -0.2) is 62.8 Å². The van der Waals surface area contributed by atoms with Crippen molar-refractivity contribution >= 4 is 11.8 Å². The van der Waals surface area contributed by atoms with E-state index in [0.29, 0.717) is 50.5 Å². The van der Waals surface area contributed by atoms with E-state index >= 15 is 0 Å². The predicted molar refractivity (Wildman–Crippen MR) is 120 cm³/mol. The van der Waals surface area contributed by atoms with Gasteiger partial charge in [0, 0.05) is 37.9 Å². The summed E-state index contributed by atoms with van der Waals surface area (Å²) in [5.74, 6) is 0.572. The number of carbonyl (C=O) groups is 2. The van der Waals surface area contributed by atoms with Crippen molar-refractivity contribution in [3.63, 3.8) is 0 Å². The van der Waals surface area contributed by atoms with Gasteiger partial charge in [0.05, 0.1) is 0 Å². The van der Waals surface area contributed by atoms with E-state index in [9.17, 15) is 19.2 Å². The van der Waals surface area contributed by atoms with Gasteiger partial charge in [0.15, 0.2) is 0 Å². The molecule has 4 rings (SSSR count). The largest absolute Gasteiger partial charge is 0.342 e. The zero-order chi connectivity index (χ0) is 22.7. The third kappa shape index (κ3) is 4.53. The second-order valence-corrected chi connectivity index (χ2v) is 9.66. The maximum absolute atomic E-state index is 13.5. The van der Waals surface area contributed by atoms with Crippen LogP contribution in [0.15, 0.2) is 15.8 Å². The number of aromatic amines is 2. The molecule has 1 saturated carbocycles. The fraction of sp³-hybridized carbons (Fsp3) is 0.739. The SMILES string of the molecule is CCCN1C(=O)C(CC2CCCCC2)NC(=O)C12CCN(Cc1c[nH]c(=O)[nH]c1=O)CC2. The minimum absolute atomic E-state index is 0.0205. The number of likely N-dealkylation sites (tertiary alicyclic amines) is 1. The van der Waals surface area contributed by atoms with E-state index in [1.54, 1.807) is 0 Å². The number of carbonyl (C=O) groups excluding carboxylic acids is 2. The molecular weight excluding hydrogens is 410 g/mol. The van der Waals surface area contributed by atoms with Crippen molar-refractivity contribution in [3.8, 4) is 0 Å².